The van der Waals surface area contributed by atoms with Gasteiger partial charge < -0.3 is 14.8 Å². The van der Waals surface area contributed by atoms with E-state index >= 15 is 0 Å². The quantitative estimate of drug-likeness (QED) is 0.682. The number of rotatable bonds is 7. The standard InChI is InChI=1S/C21H24ClNO4/c1-5-18(27-19-10-7-13(3)11-14(19)4)20(24)23-15-8-9-17(22)16(12-15)21(25)26-6-2/h7-12,18H,5-6H2,1-4H3,(H,23,24)/t18-/m0/s1. The van der Waals surface area contributed by atoms with Crippen molar-refractivity contribution in [3.63, 3.8) is 0 Å². The van der Waals surface area contributed by atoms with E-state index in [9.17, 15) is 9.59 Å². The summed E-state index contributed by atoms with van der Waals surface area (Å²) in [5.74, 6) is -0.155. The van der Waals surface area contributed by atoms with Crippen molar-refractivity contribution in [3.05, 3.63) is 58.1 Å². The lowest BCUT2D eigenvalue weighted by Crippen LogP contribution is -2.32. The van der Waals surface area contributed by atoms with Crippen molar-refractivity contribution in [2.45, 2.75) is 40.2 Å². The van der Waals surface area contributed by atoms with E-state index in [1.165, 1.54) is 6.07 Å². The van der Waals surface area contributed by atoms with E-state index in [-0.39, 0.29) is 23.1 Å². The second kappa shape index (κ2) is 9.42. The van der Waals surface area contributed by atoms with Gasteiger partial charge in [-0.1, -0.05) is 36.2 Å². The molecule has 0 bridgehead atoms. The maximum atomic E-state index is 12.6. The molecule has 0 fully saturated rings. The molecule has 0 saturated heterocycles. The summed E-state index contributed by atoms with van der Waals surface area (Å²) in [5.41, 5.74) is 2.76. The summed E-state index contributed by atoms with van der Waals surface area (Å²) in [6, 6.07) is 10.5. The number of nitrogens with one attached hydrogen (secondary N) is 1. The topological polar surface area (TPSA) is 64.6 Å². The predicted octanol–water partition coefficient (Wildman–Crippen LogP) is 4.93. The van der Waals surface area contributed by atoms with Crippen LogP contribution in [-0.2, 0) is 9.53 Å². The Morgan fingerprint density at radius 2 is 1.85 bits per heavy atom. The van der Waals surface area contributed by atoms with Crippen LogP contribution in [-0.4, -0.2) is 24.6 Å². The minimum Gasteiger partial charge on any atom is -0.480 e. The molecule has 2 rings (SSSR count). The van der Waals surface area contributed by atoms with Gasteiger partial charge in [-0.3, -0.25) is 4.79 Å². The second-order valence-electron chi connectivity index (χ2n) is 6.19. The number of anilines is 1. The Bertz CT molecular complexity index is 835. The monoisotopic (exact) mass is 389 g/mol. The lowest BCUT2D eigenvalue weighted by molar-refractivity contribution is -0.122. The van der Waals surface area contributed by atoms with Gasteiger partial charge in [0.1, 0.15) is 5.75 Å². The molecule has 1 atom stereocenters. The van der Waals surface area contributed by atoms with Crippen LogP contribution in [0.15, 0.2) is 36.4 Å². The van der Waals surface area contributed by atoms with Gasteiger partial charge in [0.2, 0.25) is 0 Å². The van der Waals surface area contributed by atoms with Gasteiger partial charge in [0.15, 0.2) is 6.10 Å². The molecular formula is C21H24ClNO4. The summed E-state index contributed by atoms with van der Waals surface area (Å²) in [4.78, 5) is 24.6. The molecular weight excluding hydrogens is 366 g/mol. The van der Waals surface area contributed by atoms with Gasteiger partial charge in [-0.2, -0.15) is 0 Å². The van der Waals surface area contributed by atoms with Crippen molar-refractivity contribution in [2.75, 3.05) is 11.9 Å². The van der Waals surface area contributed by atoms with Gasteiger partial charge >= 0.3 is 5.97 Å². The number of carbonyl (C=O) groups excluding carboxylic acids is 2. The zero-order valence-corrected chi connectivity index (χ0v) is 16.7. The van der Waals surface area contributed by atoms with Crippen molar-refractivity contribution in [1.29, 1.82) is 0 Å². The Labute approximate surface area is 164 Å². The highest BCUT2D eigenvalue weighted by atomic mass is 35.5. The average Bonchev–Trinajstić information content (AvgIpc) is 2.62. The minimum atomic E-state index is -0.659. The number of hydrogen-bond donors (Lipinski definition) is 1. The SMILES string of the molecule is CCOC(=O)c1cc(NC(=O)[C@H](CC)Oc2ccc(C)cc2C)ccc1Cl. The third-order valence-electron chi connectivity index (χ3n) is 3.99. The van der Waals surface area contributed by atoms with E-state index in [1.807, 2.05) is 39.0 Å². The van der Waals surface area contributed by atoms with Crippen molar-refractivity contribution < 1.29 is 19.1 Å². The summed E-state index contributed by atoms with van der Waals surface area (Å²) in [6.07, 6.45) is -0.162. The maximum absolute atomic E-state index is 12.6. The zero-order valence-electron chi connectivity index (χ0n) is 16.0. The fraction of sp³-hybridized carbons (Fsp3) is 0.333. The van der Waals surface area contributed by atoms with Crippen LogP contribution in [0.4, 0.5) is 5.69 Å². The number of aryl methyl sites for hydroxylation is 2. The first-order valence-corrected chi connectivity index (χ1v) is 9.25. The molecule has 1 N–H and O–H groups in total. The number of esters is 1. The maximum Gasteiger partial charge on any atom is 0.339 e. The molecule has 0 aliphatic rings. The van der Waals surface area contributed by atoms with Crippen LogP contribution in [0.5, 0.6) is 5.75 Å². The Hall–Kier alpha value is -2.53. The fourth-order valence-corrected chi connectivity index (χ4v) is 2.79. The molecule has 0 saturated carbocycles. The van der Waals surface area contributed by atoms with E-state index in [4.69, 9.17) is 21.1 Å². The normalized spacial score (nSPS) is 11.6. The first-order valence-electron chi connectivity index (χ1n) is 8.87. The molecule has 1 amide bonds. The third-order valence-corrected chi connectivity index (χ3v) is 4.32. The molecule has 27 heavy (non-hydrogen) atoms. The largest absolute Gasteiger partial charge is 0.480 e. The Kier molecular flexibility index (Phi) is 7.25. The van der Waals surface area contributed by atoms with E-state index in [0.717, 1.165) is 11.1 Å². The van der Waals surface area contributed by atoms with Crippen molar-refractivity contribution >= 4 is 29.2 Å². The average molecular weight is 390 g/mol. The highest BCUT2D eigenvalue weighted by molar-refractivity contribution is 6.33. The zero-order chi connectivity index (χ0) is 20.0. The van der Waals surface area contributed by atoms with Crippen LogP contribution in [0.2, 0.25) is 5.02 Å². The van der Waals surface area contributed by atoms with Gasteiger partial charge in [-0.15, -0.1) is 0 Å². The van der Waals surface area contributed by atoms with Crippen LogP contribution in [0.25, 0.3) is 0 Å². The van der Waals surface area contributed by atoms with E-state index in [0.29, 0.717) is 17.9 Å². The lowest BCUT2D eigenvalue weighted by atomic mass is 10.1. The summed E-state index contributed by atoms with van der Waals surface area (Å²) in [7, 11) is 0. The smallest absolute Gasteiger partial charge is 0.339 e. The van der Waals surface area contributed by atoms with Crippen LogP contribution in [0.3, 0.4) is 0 Å². The molecule has 0 aromatic heterocycles. The lowest BCUT2D eigenvalue weighted by Gasteiger charge is -2.19. The van der Waals surface area contributed by atoms with Crippen molar-refractivity contribution in [2.24, 2.45) is 0 Å². The number of ether oxygens (including phenoxy) is 2. The first-order chi connectivity index (χ1) is 12.8. The number of halogens is 1. The number of benzene rings is 2. The van der Waals surface area contributed by atoms with Crippen molar-refractivity contribution in [1.82, 2.24) is 0 Å². The molecule has 144 valence electrons. The third kappa shape index (κ3) is 5.47. The molecule has 6 heteroatoms. The summed E-state index contributed by atoms with van der Waals surface area (Å²) < 4.78 is 10.9. The van der Waals surface area contributed by atoms with Gasteiger partial charge in [-0.05, 0) is 57.0 Å². The number of hydrogen-bond acceptors (Lipinski definition) is 4. The van der Waals surface area contributed by atoms with Crippen LogP contribution in [0, 0.1) is 13.8 Å². The Morgan fingerprint density at radius 1 is 1.11 bits per heavy atom. The Balaban J connectivity index is 2.14. The van der Waals surface area contributed by atoms with Crippen molar-refractivity contribution in [3.8, 4) is 5.75 Å². The molecule has 2 aromatic rings. The molecule has 0 unspecified atom stereocenters. The molecule has 0 radical (unpaired) electrons. The summed E-state index contributed by atoms with van der Waals surface area (Å²) in [5, 5.41) is 3.05. The molecule has 0 aliphatic heterocycles. The highest BCUT2D eigenvalue weighted by Gasteiger charge is 2.20. The van der Waals surface area contributed by atoms with Gasteiger partial charge in [0, 0.05) is 5.69 Å². The van der Waals surface area contributed by atoms with Gasteiger partial charge in [-0.25, -0.2) is 4.79 Å². The number of amides is 1. The molecule has 0 heterocycles. The predicted molar refractivity (Wildman–Crippen MR) is 107 cm³/mol. The molecule has 0 spiro atoms. The first kappa shape index (κ1) is 20.8. The van der Waals surface area contributed by atoms with Gasteiger partial charge in [0.05, 0.1) is 17.2 Å². The van der Waals surface area contributed by atoms with E-state index in [1.54, 1.807) is 19.1 Å². The Morgan fingerprint density at radius 3 is 2.48 bits per heavy atom. The summed E-state index contributed by atoms with van der Waals surface area (Å²) >= 11 is 6.05. The minimum absolute atomic E-state index is 0.208. The summed E-state index contributed by atoms with van der Waals surface area (Å²) in [6.45, 7) is 7.78. The second-order valence-corrected chi connectivity index (χ2v) is 6.60. The van der Waals surface area contributed by atoms with Crippen LogP contribution < -0.4 is 10.1 Å². The molecule has 0 aliphatic carbocycles. The highest BCUT2D eigenvalue weighted by Crippen LogP contribution is 2.24. The molecule has 2 aromatic carbocycles. The van der Waals surface area contributed by atoms with E-state index in [2.05, 4.69) is 5.32 Å². The fourth-order valence-electron chi connectivity index (χ4n) is 2.60. The van der Waals surface area contributed by atoms with Crippen LogP contribution in [0.1, 0.15) is 41.8 Å². The number of carbonyl (C=O) groups is 2. The molecule has 5 nitrogen and oxygen atoms in total. The van der Waals surface area contributed by atoms with Crippen LogP contribution >= 0.6 is 11.6 Å². The van der Waals surface area contributed by atoms with Gasteiger partial charge in [0.25, 0.3) is 5.91 Å². The van der Waals surface area contributed by atoms with E-state index < -0.39 is 12.1 Å².